The Balaban J connectivity index is 1.72. The molecule has 1 N–H and O–H groups in total. The number of carbonyl (C=O) groups excluding carboxylic acids is 1. The number of thioether (sulfide) groups is 1. The third-order valence-electron chi connectivity index (χ3n) is 4.05. The Morgan fingerprint density at radius 2 is 1.65 bits per heavy atom. The summed E-state index contributed by atoms with van der Waals surface area (Å²) in [5.41, 5.74) is 7.74. The van der Waals surface area contributed by atoms with Gasteiger partial charge in [-0.05, 0) is 45.1 Å². The van der Waals surface area contributed by atoms with Crippen LogP contribution in [0.2, 0.25) is 0 Å². The number of hydrogen-bond acceptors (Lipinski definition) is 3. The van der Waals surface area contributed by atoms with E-state index in [-0.39, 0.29) is 5.91 Å². The standard InChI is InChI=1S/C19H28N2OS/c1-15-10-16(2)12-17(11-15)13-23-14-19(22)21-20-18-8-6-4-3-5-7-9-18/h10-12H,3-9,13-14H2,1-2H3,(H,21,22). The SMILES string of the molecule is Cc1cc(C)cc(CSCC(=O)NN=C2CCCCCCC2)c1. The van der Waals surface area contributed by atoms with Crippen LogP contribution in [-0.4, -0.2) is 17.4 Å². The molecule has 0 saturated heterocycles. The minimum Gasteiger partial charge on any atom is -0.272 e. The van der Waals surface area contributed by atoms with E-state index in [4.69, 9.17) is 0 Å². The van der Waals surface area contributed by atoms with E-state index >= 15 is 0 Å². The number of nitrogens with one attached hydrogen (secondary N) is 1. The van der Waals surface area contributed by atoms with Crippen molar-refractivity contribution in [1.29, 1.82) is 0 Å². The molecule has 23 heavy (non-hydrogen) atoms. The molecule has 1 saturated carbocycles. The molecule has 0 bridgehead atoms. The lowest BCUT2D eigenvalue weighted by Crippen LogP contribution is -2.22. The maximum Gasteiger partial charge on any atom is 0.250 e. The molecule has 1 aliphatic carbocycles. The molecule has 1 aromatic rings. The highest BCUT2D eigenvalue weighted by Gasteiger charge is 2.06. The van der Waals surface area contributed by atoms with Crippen LogP contribution in [0.3, 0.4) is 0 Å². The van der Waals surface area contributed by atoms with E-state index in [1.165, 1.54) is 48.8 Å². The number of amides is 1. The Morgan fingerprint density at radius 1 is 1.04 bits per heavy atom. The first-order valence-corrected chi connectivity index (χ1v) is 9.78. The molecule has 0 aliphatic heterocycles. The first kappa shape index (κ1) is 18.1. The van der Waals surface area contributed by atoms with E-state index in [0.29, 0.717) is 5.75 Å². The monoisotopic (exact) mass is 332 g/mol. The van der Waals surface area contributed by atoms with Crippen molar-refractivity contribution in [3.05, 3.63) is 34.9 Å². The van der Waals surface area contributed by atoms with Crippen molar-refractivity contribution in [2.24, 2.45) is 5.10 Å². The summed E-state index contributed by atoms with van der Waals surface area (Å²) in [4.78, 5) is 11.9. The summed E-state index contributed by atoms with van der Waals surface area (Å²) in [6, 6.07) is 6.55. The van der Waals surface area contributed by atoms with Gasteiger partial charge in [-0.25, -0.2) is 5.43 Å². The molecule has 0 atom stereocenters. The normalized spacial score (nSPS) is 15.7. The summed E-state index contributed by atoms with van der Waals surface area (Å²) in [6.07, 6.45) is 8.41. The van der Waals surface area contributed by atoms with Gasteiger partial charge in [0.05, 0.1) is 5.75 Å². The Hall–Kier alpha value is -1.29. The van der Waals surface area contributed by atoms with E-state index < -0.39 is 0 Å². The number of carbonyl (C=O) groups is 1. The molecule has 0 spiro atoms. The Bertz CT molecular complexity index is 524. The number of aryl methyl sites for hydroxylation is 2. The predicted octanol–water partition coefficient (Wildman–Crippen LogP) is 4.75. The number of nitrogens with zero attached hydrogens (tertiary/aromatic N) is 1. The first-order chi connectivity index (χ1) is 11.1. The lowest BCUT2D eigenvalue weighted by molar-refractivity contribution is -0.118. The molecule has 1 fully saturated rings. The van der Waals surface area contributed by atoms with E-state index in [1.54, 1.807) is 11.8 Å². The third-order valence-corrected chi connectivity index (χ3v) is 5.06. The highest BCUT2D eigenvalue weighted by Crippen LogP contribution is 2.16. The molecule has 0 heterocycles. The molecule has 0 unspecified atom stereocenters. The van der Waals surface area contributed by atoms with Crippen LogP contribution in [0, 0.1) is 13.8 Å². The zero-order valence-corrected chi connectivity index (χ0v) is 15.2. The predicted molar refractivity (Wildman–Crippen MR) is 100.0 cm³/mol. The third kappa shape index (κ3) is 7.21. The molecule has 4 heteroatoms. The summed E-state index contributed by atoms with van der Waals surface area (Å²) in [5.74, 6) is 1.34. The summed E-state index contributed by atoms with van der Waals surface area (Å²) in [6.45, 7) is 4.22. The van der Waals surface area contributed by atoms with Gasteiger partial charge in [0, 0.05) is 11.5 Å². The van der Waals surface area contributed by atoms with Crippen molar-refractivity contribution >= 4 is 23.4 Å². The average Bonchev–Trinajstić information content (AvgIpc) is 2.45. The van der Waals surface area contributed by atoms with Crippen molar-refractivity contribution in [2.45, 2.75) is 64.5 Å². The van der Waals surface area contributed by atoms with Crippen LogP contribution in [0.4, 0.5) is 0 Å². The molecular weight excluding hydrogens is 304 g/mol. The molecule has 0 radical (unpaired) electrons. The van der Waals surface area contributed by atoms with Crippen molar-refractivity contribution in [3.63, 3.8) is 0 Å². The fourth-order valence-corrected chi connectivity index (χ4v) is 3.77. The fraction of sp³-hybridized carbons (Fsp3) is 0.579. The van der Waals surface area contributed by atoms with Gasteiger partial charge in [0.15, 0.2) is 0 Å². The maximum absolute atomic E-state index is 11.9. The topological polar surface area (TPSA) is 41.5 Å². The summed E-state index contributed by atoms with van der Waals surface area (Å²) in [5, 5.41) is 4.34. The average molecular weight is 333 g/mol. The highest BCUT2D eigenvalue weighted by molar-refractivity contribution is 7.99. The van der Waals surface area contributed by atoms with Crippen LogP contribution in [0.25, 0.3) is 0 Å². The van der Waals surface area contributed by atoms with Gasteiger partial charge in [-0.2, -0.15) is 5.10 Å². The van der Waals surface area contributed by atoms with E-state index in [2.05, 4.69) is 42.6 Å². The smallest absolute Gasteiger partial charge is 0.250 e. The van der Waals surface area contributed by atoms with Gasteiger partial charge in [0.2, 0.25) is 5.91 Å². The molecular formula is C19H28N2OS. The second-order valence-corrected chi connectivity index (χ2v) is 7.46. The summed E-state index contributed by atoms with van der Waals surface area (Å²) >= 11 is 1.64. The molecule has 1 aromatic carbocycles. The molecule has 2 rings (SSSR count). The Kier molecular flexibility index (Phi) is 7.66. The van der Waals surface area contributed by atoms with Gasteiger partial charge in [-0.15, -0.1) is 11.8 Å². The number of rotatable bonds is 5. The van der Waals surface area contributed by atoms with Crippen LogP contribution >= 0.6 is 11.8 Å². The fourth-order valence-electron chi connectivity index (χ4n) is 3.01. The van der Waals surface area contributed by atoms with Crippen molar-refractivity contribution in [1.82, 2.24) is 5.43 Å². The van der Waals surface area contributed by atoms with E-state index in [1.807, 2.05) is 0 Å². The largest absolute Gasteiger partial charge is 0.272 e. The molecule has 1 aliphatic rings. The zero-order valence-electron chi connectivity index (χ0n) is 14.4. The number of benzene rings is 1. The van der Waals surface area contributed by atoms with Crippen LogP contribution in [0.15, 0.2) is 23.3 Å². The second kappa shape index (κ2) is 9.76. The molecule has 3 nitrogen and oxygen atoms in total. The van der Waals surface area contributed by atoms with E-state index in [9.17, 15) is 4.79 Å². The van der Waals surface area contributed by atoms with Gasteiger partial charge in [0.25, 0.3) is 0 Å². The minimum atomic E-state index is 0.00827. The van der Waals surface area contributed by atoms with Crippen LogP contribution in [0.1, 0.15) is 61.6 Å². The number of hydrogen-bond donors (Lipinski definition) is 1. The Labute approximate surface area is 144 Å². The minimum absolute atomic E-state index is 0.00827. The van der Waals surface area contributed by atoms with Gasteiger partial charge in [-0.3, -0.25) is 4.79 Å². The maximum atomic E-state index is 11.9. The zero-order chi connectivity index (χ0) is 16.5. The number of hydrazone groups is 1. The van der Waals surface area contributed by atoms with Gasteiger partial charge in [-0.1, -0.05) is 48.6 Å². The lowest BCUT2D eigenvalue weighted by atomic mass is 9.99. The van der Waals surface area contributed by atoms with Crippen molar-refractivity contribution in [3.8, 4) is 0 Å². The first-order valence-electron chi connectivity index (χ1n) is 8.62. The van der Waals surface area contributed by atoms with Crippen LogP contribution in [0.5, 0.6) is 0 Å². The summed E-state index contributed by atoms with van der Waals surface area (Å²) < 4.78 is 0. The molecule has 1 amide bonds. The molecule has 126 valence electrons. The van der Waals surface area contributed by atoms with Gasteiger partial charge in [0.1, 0.15) is 0 Å². The van der Waals surface area contributed by atoms with Gasteiger partial charge < -0.3 is 0 Å². The molecule has 0 aromatic heterocycles. The highest BCUT2D eigenvalue weighted by atomic mass is 32.2. The van der Waals surface area contributed by atoms with E-state index in [0.717, 1.165) is 24.3 Å². The quantitative estimate of drug-likeness (QED) is 0.790. The second-order valence-electron chi connectivity index (χ2n) is 6.47. The van der Waals surface area contributed by atoms with Crippen molar-refractivity contribution < 1.29 is 4.79 Å². The lowest BCUT2D eigenvalue weighted by Gasteiger charge is -2.11. The summed E-state index contributed by atoms with van der Waals surface area (Å²) in [7, 11) is 0. The van der Waals surface area contributed by atoms with Crippen LogP contribution in [-0.2, 0) is 10.5 Å². The Morgan fingerprint density at radius 3 is 2.30 bits per heavy atom. The van der Waals surface area contributed by atoms with Crippen LogP contribution < -0.4 is 5.43 Å². The van der Waals surface area contributed by atoms with Crippen molar-refractivity contribution in [2.75, 3.05) is 5.75 Å². The van der Waals surface area contributed by atoms with Gasteiger partial charge >= 0.3 is 0 Å².